The highest BCUT2D eigenvalue weighted by Gasteiger charge is 2.23. The van der Waals surface area contributed by atoms with E-state index in [0.29, 0.717) is 0 Å². The quantitative estimate of drug-likeness (QED) is 0.0880. The lowest BCUT2D eigenvalue weighted by atomic mass is 9.79. The van der Waals surface area contributed by atoms with Crippen molar-refractivity contribution >= 4 is 64.6 Å². The molecule has 0 aliphatic heterocycles. The molecule has 0 heterocycles. The van der Waals surface area contributed by atoms with E-state index in [9.17, 15) is 0 Å². The van der Waals surface area contributed by atoms with Gasteiger partial charge in [-0.25, -0.2) is 0 Å². The fourth-order valence-electron chi connectivity index (χ4n) is 9.37. The van der Waals surface area contributed by atoms with Crippen LogP contribution < -0.4 is 0 Å². The van der Waals surface area contributed by atoms with Crippen molar-refractivity contribution in [2.24, 2.45) is 0 Å². The van der Waals surface area contributed by atoms with E-state index in [1.807, 2.05) is 0 Å². The van der Waals surface area contributed by atoms with Crippen molar-refractivity contribution in [3.8, 4) is 22.3 Å². The van der Waals surface area contributed by atoms with Gasteiger partial charge in [0.2, 0.25) is 0 Å². The molecular formula is C54H50. The van der Waals surface area contributed by atoms with Gasteiger partial charge in [0.05, 0.1) is 0 Å². The number of hydrogen-bond acceptors (Lipinski definition) is 0. The minimum Gasteiger partial charge on any atom is -0.0654 e. The van der Waals surface area contributed by atoms with E-state index in [-0.39, 0.29) is 0 Å². The average Bonchev–Trinajstić information content (AvgIpc) is 3.22. The van der Waals surface area contributed by atoms with Crippen molar-refractivity contribution < 1.29 is 0 Å². The summed E-state index contributed by atoms with van der Waals surface area (Å²) in [5.74, 6) is 0. The Morgan fingerprint density at radius 3 is 0.907 bits per heavy atom. The minimum atomic E-state index is 1.13. The molecule has 9 aromatic rings. The number of benzene rings is 9. The maximum Gasteiger partial charge on any atom is -0.00138 e. The van der Waals surface area contributed by atoms with E-state index < -0.39 is 0 Å². The second-order valence-electron chi connectivity index (χ2n) is 15.5. The van der Waals surface area contributed by atoms with Crippen LogP contribution in [0.5, 0.6) is 0 Å². The van der Waals surface area contributed by atoms with E-state index in [0.717, 1.165) is 12.8 Å². The van der Waals surface area contributed by atoms with Gasteiger partial charge in [-0.15, -0.1) is 0 Å². The molecule has 0 aromatic heterocycles. The highest BCUT2D eigenvalue weighted by Crippen LogP contribution is 2.50. The first-order valence-corrected chi connectivity index (χ1v) is 20.6. The van der Waals surface area contributed by atoms with Crippen molar-refractivity contribution in [2.45, 2.75) is 78.1 Å². The van der Waals surface area contributed by atoms with Crippen molar-refractivity contribution in [3.05, 3.63) is 157 Å². The fraction of sp³-hybridized carbons (Fsp3) is 0.222. The Balaban J connectivity index is 1.48. The third kappa shape index (κ3) is 6.12. The largest absolute Gasteiger partial charge is 0.0654 e. The summed E-state index contributed by atoms with van der Waals surface area (Å²) in [4.78, 5) is 0. The van der Waals surface area contributed by atoms with Crippen molar-refractivity contribution in [2.75, 3.05) is 0 Å². The summed E-state index contributed by atoms with van der Waals surface area (Å²) >= 11 is 0. The zero-order valence-electron chi connectivity index (χ0n) is 31.9. The number of fused-ring (bicyclic) bond motifs is 6. The van der Waals surface area contributed by atoms with Crippen molar-refractivity contribution in [3.63, 3.8) is 0 Å². The van der Waals surface area contributed by atoms with Gasteiger partial charge in [0, 0.05) is 0 Å². The summed E-state index contributed by atoms with van der Waals surface area (Å²) in [7, 11) is 0. The lowest BCUT2D eigenvalue weighted by Crippen LogP contribution is -2.00. The molecule has 0 atom stereocenters. The Kier molecular flexibility index (Phi) is 9.60. The van der Waals surface area contributed by atoms with Gasteiger partial charge in [0.25, 0.3) is 0 Å². The smallest absolute Gasteiger partial charge is 0.00138 e. The summed E-state index contributed by atoms with van der Waals surface area (Å²) in [6.45, 7) is 4.64. The number of hydrogen-bond donors (Lipinski definition) is 0. The van der Waals surface area contributed by atoms with Gasteiger partial charge in [-0.1, -0.05) is 186 Å². The molecule has 0 aliphatic carbocycles. The molecule has 9 rings (SSSR count). The molecular weight excluding hydrogens is 649 g/mol. The van der Waals surface area contributed by atoms with E-state index in [2.05, 4.69) is 159 Å². The Bertz CT molecular complexity index is 2500. The lowest BCUT2D eigenvalue weighted by molar-refractivity contribution is 0.651. The summed E-state index contributed by atoms with van der Waals surface area (Å²) in [5, 5.41) is 15.9. The molecule has 0 aliphatic rings. The fourth-order valence-corrected chi connectivity index (χ4v) is 9.37. The molecule has 0 spiro atoms. The van der Waals surface area contributed by atoms with Gasteiger partial charge >= 0.3 is 0 Å². The van der Waals surface area contributed by atoms with Gasteiger partial charge in [-0.2, -0.15) is 0 Å². The standard InChI is InChI=1S/C54H50/c1-3-5-7-9-21-37-35-49-50(36-38(37)22-10-8-6-4-2)54(52-45-29-17-13-25-41(45)34-42-26-14-18-30-46(42)52)48-32-20-19-31-47(48)53(49)51-43-27-15-11-23-39(43)33-40-24-12-16-28-44(40)51/h11-20,23-36H,3-10,21-22H2,1-2H3. The molecule has 9 aromatic carbocycles. The molecule has 0 nitrogen and oxygen atoms in total. The molecule has 266 valence electrons. The van der Waals surface area contributed by atoms with Crippen LogP contribution in [0, 0.1) is 0 Å². The molecule has 0 unspecified atom stereocenters. The molecule has 0 saturated heterocycles. The van der Waals surface area contributed by atoms with Crippen LogP contribution in [-0.4, -0.2) is 0 Å². The SMILES string of the molecule is CCCCCCc1cc2c(-c3c4ccccc4cc4ccccc34)c3ccccc3c(-c3c4ccccc4cc4ccccc34)c2cc1CCCCCC. The molecule has 0 fully saturated rings. The van der Waals surface area contributed by atoms with Crippen LogP contribution in [0.1, 0.15) is 76.3 Å². The third-order valence-electron chi connectivity index (χ3n) is 12.0. The van der Waals surface area contributed by atoms with Gasteiger partial charge in [-0.3, -0.25) is 0 Å². The van der Waals surface area contributed by atoms with Crippen LogP contribution in [0.3, 0.4) is 0 Å². The second-order valence-corrected chi connectivity index (χ2v) is 15.5. The van der Waals surface area contributed by atoms with Crippen LogP contribution in [0.4, 0.5) is 0 Å². The Hall–Kier alpha value is -5.46. The van der Waals surface area contributed by atoms with Gasteiger partial charge in [-0.05, 0) is 136 Å². The number of aryl methyl sites for hydroxylation is 2. The monoisotopic (exact) mass is 698 g/mol. The van der Waals surface area contributed by atoms with E-state index in [1.54, 1.807) is 11.1 Å². The Morgan fingerprint density at radius 2 is 0.574 bits per heavy atom. The van der Waals surface area contributed by atoms with E-state index in [4.69, 9.17) is 0 Å². The zero-order valence-corrected chi connectivity index (χ0v) is 31.9. The van der Waals surface area contributed by atoms with Gasteiger partial charge < -0.3 is 0 Å². The molecule has 0 saturated carbocycles. The van der Waals surface area contributed by atoms with Crippen LogP contribution >= 0.6 is 0 Å². The average molecular weight is 699 g/mol. The molecule has 0 radical (unpaired) electrons. The highest BCUT2D eigenvalue weighted by atomic mass is 14.3. The highest BCUT2D eigenvalue weighted by molar-refractivity contribution is 6.30. The summed E-state index contributed by atoms with van der Waals surface area (Å²) < 4.78 is 0. The summed E-state index contributed by atoms with van der Waals surface area (Å²) in [6, 6.07) is 55.5. The van der Waals surface area contributed by atoms with Gasteiger partial charge in [0.15, 0.2) is 0 Å². The topological polar surface area (TPSA) is 0 Å². The van der Waals surface area contributed by atoms with Gasteiger partial charge in [0.1, 0.15) is 0 Å². The molecule has 54 heavy (non-hydrogen) atoms. The Labute approximate surface area is 320 Å². The normalized spacial score (nSPS) is 11.9. The summed E-state index contributed by atoms with van der Waals surface area (Å²) in [5.41, 5.74) is 8.54. The maximum absolute atomic E-state index is 2.66. The van der Waals surface area contributed by atoms with E-state index in [1.165, 1.54) is 138 Å². The molecule has 0 amide bonds. The van der Waals surface area contributed by atoms with Crippen LogP contribution in [-0.2, 0) is 12.8 Å². The first kappa shape index (κ1) is 34.3. The van der Waals surface area contributed by atoms with Crippen LogP contribution in [0.15, 0.2) is 146 Å². The molecule has 0 N–H and O–H groups in total. The molecule has 0 bridgehead atoms. The van der Waals surface area contributed by atoms with Crippen molar-refractivity contribution in [1.29, 1.82) is 0 Å². The Morgan fingerprint density at radius 1 is 0.278 bits per heavy atom. The predicted molar refractivity (Wildman–Crippen MR) is 238 cm³/mol. The second kappa shape index (κ2) is 15.1. The zero-order chi connectivity index (χ0) is 36.4. The lowest BCUT2D eigenvalue weighted by Gasteiger charge is -2.24. The number of unbranched alkanes of at least 4 members (excludes halogenated alkanes) is 6. The summed E-state index contributed by atoms with van der Waals surface area (Å²) in [6.07, 6.45) is 12.4. The predicted octanol–water partition coefficient (Wildman–Crippen LogP) is 16.2. The van der Waals surface area contributed by atoms with E-state index >= 15 is 0 Å². The molecule has 0 heteroatoms. The number of rotatable bonds is 12. The third-order valence-corrected chi connectivity index (χ3v) is 12.0. The maximum atomic E-state index is 2.66. The minimum absolute atomic E-state index is 1.13. The van der Waals surface area contributed by atoms with Crippen LogP contribution in [0.2, 0.25) is 0 Å². The van der Waals surface area contributed by atoms with Crippen molar-refractivity contribution in [1.82, 2.24) is 0 Å². The van der Waals surface area contributed by atoms with Crippen LogP contribution in [0.25, 0.3) is 86.9 Å². The first-order valence-electron chi connectivity index (χ1n) is 20.6. The first-order chi connectivity index (χ1) is 26.7.